The molecule has 0 heterocycles. The number of unbranched alkanes of at least 4 members (excludes halogenated alkanes) is 1. The Morgan fingerprint density at radius 2 is 2.11 bits per heavy atom. The molecule has 0 aromatic carbocycles. The van der Waals surface area contributed by atoms with E-state index in [1.54, 1.807) is 0 Å². The van der Waals surface area contributed by atoms with Gasteiger partial charge in [-0.05, 0) is 6.42 Å². The number of aliphatic hydroxyl groups excluding tert-OH is 1. The van der Waals surface area contributed by atoms with Crippen molar-refractivity contribution in [3.8, 4) is 0 Å². The number of rotatable bonds is 4. The summed E-state index contributed by atoms with van der Waals surface area (Å²) < 4.78 is 0. The van der Waals surface area contributed by atoms with E-state index in [2.05, 4.69) is 0 Å². The predicted octanol–water partition coefficient (Wildman–Crippen LogP) is -0.178. The Kier molecular flexibility index (Phi) is 11.6. The number of carbonyl (C=O) groups excluding carboxylic acids is 1. The Labute approximate surface area is 75.8 Å². The molecule has 2 nitrogen and oxygen atoms in total. The molecule has 0 fully saturated rings. The number of hydrogen-bond donors (Lipinski definition) is 1. The summed E-state index contributed by atoms with van der Waals surface area (Å²) in [5, 5.41) is 8.21. The van der Waals surface area contributed by atoms with E-state index in [1.165, 1.54) is 0 Å². The molecule has 2 radical (unpaired) electrons. The topological polar surface area (TPSA) is 37.3 Å². The first-order chi connectivity index (χ1) is 3.81. The maximum absolute atomic E-state index is 10.3. The van der Waals surface area contributed by atoms with Gasteiger partial charge in [0.15, 0.2) is 5.78 Å². The van der Waals surface area contributed by atoms with Crippen molar-refractivity contribution in [1.29, 1.82) is 0 Å². The summed E-state index contributed by atoms with van der Waals surface area (Å²) in [6.45, 7) is 1.73. The van der Waals surface area contributed by atoms with Crippen molar-refractivity contribution in [3.63, 3.8) is 0 Å². The quantitative estimate of drug-likeness (QED) is 0.729. The van der Waals surface area contributed by atoms with Crippen molar-refractivity contribution < 1.29 is 9.90 Å². The SMILES string of the molecule is CCCCC(=O)CO.[PbH2]. The van der Waals surface area contributed by atoms with E-state index in [-0.39, 0.29) is 39.7 Å². The summed E-state index contributed by atoms with van der Waals surface area (Å²) >= 11 is 0. The summed E-state index contributed by atoms with van der Waals surface area (Å²) in [6.07, 6.45) is 2.46. The van der Waals surface area contributed by atoms with Gasteiger partial charge in [-0.2, -0.15) is 0 Å². The van der Waals surface area contributed by atoms with Gasteiger partial charge in [-0.1, -0.05) is 13.3 Å². The second-order valence-electron chi connectivity index (χ2n) is 1.80. The summed E-state index contributed by atoms with van der Waals surface area (Å²) in [5.74, 6) is -0.0492. The Morgan fingerprint density at radius 1 is 1.56 bits per heavy atom. The third-order valence-electron chi connectivity index (χ3n) is 0.986. The van der Waals surface area contributed by atoms with Gasteiger partial charge in [0, 0.05) is 6.42 Å². The molecular formula is C6H14O2Pb. The van der Waals surface area contributed by atoms with Crippen LogP contribution in [0.15, 0.2) is 0 Å². The molecular weight excluding hydrogens is 311 g/mol. The van der Waals surface area contributed by atoms with E-state index in [1.807, 2.05) is 6.92 Å². The number of Topliss-reactive ketones (excluding diaryl/α,β-unsaturated/α-hetero) is 1. The second kappa shape index (κ2) is 8.55. The fourth-order valence-corrected chi connectivity index (χ4v) is 0.453. The van der Waals surface area contributed by atoms with Gasteiger partial charge in [-0.3, -0.25) is 4.79 Å². The average Bonchev–Trinajstić information content (AvgIpc) is 1.83. The molecule has 9 heavy (non-hydrogen) atoms. The number of carbonyl (C=O) groups is 1. The van der Waals surface area contributed by atoms with E-state index in [0.29, 0.717) is 6.42 Å². The number of hydrogen-bond acceptors (Lipinski definition) is 2. The predicted molar refractivity (Wildman–Crippen MR) is 40.2 cm³/mol. The van der Waals surface area contributed by atoms with Crippen LogP contribution in [0.25, 0.3) is 0 Å². The van der Waals surface area contributed by atoms with E-state index in [0.717, 1.165) is 12.8 Å². The van der Waals surface area contributed by atoms with Crippen LogP contribution in [0, 0.1) is 0 Å². The average molecular weight is 325 g/mol. The number of ketones is 1. The van der Waals surface area contributed by atoms with Crippen LogP contribution in [0.3, 0.4) is 0 Å². The van der Waals surface area contributed by atoms with Crippen molar-refractivity contribution in [2.75, 3.05) is 6.61 Å². The third kappa shape index (κ3) is 8.55. The molecule has 0 rings (SSSR count). The van der Waals surface area contributed by atoms with Gasteiger partial charge in [0.1, 0.15) is 6.61 Å². The number of aliphatic hydroxyl groups is 1. The van der Waals surface area contributed by atoms with E-state index >= 15 is 0 Å². The van der Waals surface area contributed by atoms with Crippen LogP contribution in [-0.2, 0) is 4.79 Å². The zero-order valence-electron chi connectivity index (χ0n) is 5.89. The molecule has 0 amide bonds. The molecule has 0 spiro atoms. The van der Waals surface area contributed by atoms with Crippen molar-refractivity contribution in [1.82, 2.24) is 0 Å². The Morgan fingerprint density at radius 3 is 2.44 bits per heavy atom. The normalized spacial score (nSPS) is 8.22. The molecule has 0 aliphatic heterocycles. The van der Waals surface area contributed by atoms with Crippen molar-refractivity contribution in [2.24, 2.45) is 0 Å². The second-order valence-corrected chi connectivity index (χ2v) is 1.80. The van der Waals surface area contributed by atoms with E-state index < -0.39 is 0 Å². The summed E-state index contributed by atoms with van der Waals surface area (Å²) in [7, 11) is 0. The van der Waals surface area contributed by atoms with Crippen LogP contribution in [0.5, 0.6) is 0 Å². The molecule has 0 aliphatic carbocycles. The molecule has 0 atom stereocenters. The van der Waals surface area contributed by atoms with Crippen LogP contribution in [0.2, 0.25) is 0 Å². The summed E-state index contributed by atoms with van der Waals surface area (Å²) in [4.78, 5) is 10.3. The van der Waals surface area contributed by atoms with Gasteiger partial charge in [0.2, 0.25) is 0 Å². The van der Waals surface area contributed by atoms with Crippen molar-refractivity contribution in [2.45, 2.75) is 26.2 Å². The van der Waals surface area contributed by atoms with Crippen LogP contribution < -0.4 is 0 Å². The van der Waals surface area contributed by atoms with Gasteiger partial charge >= 0.3 is 27.3 Å². The Hall–Kier alpha value is 0.552. The fraction of sp³-hybridized carbons (Fsp3) is 0.833. The molecule has 0 saturated carbocycles. The first-order valence-corrected chi connectivity index (χ1v) is 2.93. The monoisotopic (exact) mass is 326 g/mol. The van der Waals surface area contributed by atoms with Crippen molar-refractivity contribution >= 4 is 33.1 Å². The zero-order valence-corrected chi connectivity index (χ0v) is 11.4. The van der Waals surface area contributed by atoms with Crippen LogP contribution in [0.1, 0.15) is 26.2 Å². The molecule has 0 saturated heterocycles. The van der Waals surface area contributed by atoms with Crippen LogP contribution >= 0.6 is 0 Å². The zero-order chi connectivity index (χ0) is 6.41. The molecule has 0 aliphatic rings. The first kappa shape index (κ1) is 12.2. The summed E-state index contributed by atoms with van der Waals surface area (Å²) in [6, 6.07) is 0. The minimum absolute atomic E-state index is 0. The van der Waals surface area contributed by atoms with E-state index in [9.17, 15) is 4.79 Å². The first-order valence-electron chi connectivity index (χ1n) is 2.93. The molecule has 54 valence electrons. The Balaban J connectivity index is 0. The third-order valence-corrected chi connectivity index (χ3v) is 0.986. The molecule has 0 bridgehead atoms. The van der Waals surface area contributed by atoms with Gasteiger partial charge in [0.05, 0.1) is 0 Å². The molecule has 0 aromatic heterocycles. The standard InChI is InChI=1S/C6H12O2.Pb.2H/c1-2-3-4-6(8)5-7;;;/h7H,2-5H2,1H3;;;. The van der Waals surface area contributed by atoms with Crippen LogP contribution in [-0.4, -0.2) is 44.8 Å². The van der Waals surface area contributed by atoms with Gasteiger partial charge < -0.3 is 5.11 Å². The molecule has 3 heteroatoms. The van der Waals surface area contributed by atoms with Gasteiger partial charge in [-0.25, -0.2) is 0 Å². The van der Waals surface area contributed by atoms with Gasteiger partial charge in [-0.15, -0.1) is 0 Å². The van der Waals surface area contributed by atoms with Crippen molar-refractivity contribution in [3.05, 3.63) is 0 Å². The van der Waals surface area contributed by atoms with Gasteiger partial charge in [0.25, 0.3) is 0 Å². The summed E-state index contributed by atoms with van der Waals surface area (Å²) in [5.41, 5.74) is 0. The minimum atomic E-state index is -0.292. The Bertz CT molecular complexity index is 73.5. The fourth-order valence-electron chi connectivity index (χ4n) is 0.453. The van der Waals surface area contributed by atoms with E-state index in [4.69, 9.17) is 5.11 Å². The molecule has 1 N–H and O–H groups in total. The maximum atomic E-state index is 10.3. The molecule has 0 aromatic rings. The van der Waals surface area contributed by atoms with Crippen LogP contribution in [0.4, 0.5) is 0 Å². The molecule has 0 unspecified atom stereocenters.